The molecule has 3 aromatic rings. The van der Waals surface area contributed by atoms with Crippen molar-refractivity contribution in [3.63, 3.8) is 0 Å². The lowest BCUT2D eigenvalue weighted by Crippen LogP contribution is -2.04. The predicted octanol–water partition coefficient (Wildman–Crippen LogP) is 2.80. The zero-order valence-electron chi connectivity index (χ0n) is 11.6. The van der Waals surface area contributed by atoms with Gasteiger partial charge in [-0.05, 0) is 30.3 Å². The lowest BCUT2D eigenvalue weighted by molar-refractivity contribution is 0.386. The number of nitrogen functional groups attached to an aromatic ring is 1. The van der Waals surface area contributed by atoms with E-state index in [1.807, 2.05) is 0 Å². The van der Waals surface area contributed by atoms with E-state index in [1.165, 1.54) is 36.1 Å². The average Bonchev–Trinajstić information content (AvgIpc) is 2.89. The third-order valence-corrected chi connectivity index (χ3v) is 3.21. The number of rotatable bonds is 3. The smallest absolute Gasteiger partial charge is 0.165 e. The van der Waals surface area contributed by atoms with Gasteiger partial charge in [-0.15, -0.1) is 5.10 Å². The molecule has 0 saturated carbocycles. The van der Waals surface area contributed by atoms with Gasteiger partial charge < -0.3 is 10.5 Å². The van der Waals surface area contributed by atoms with Gasteiger partial charge >= 0.3 is 0 Å². The van der Waals surface area contributed by atoms with Crippen molar-refractivity contribution in [3.8, 4) is 22.7 Å². The molecular weight excluding hydrogens is 290 g/mol. The van der Waals surface area contributed by atoms with Crippen LogP contribution in [0, 0.1) is 11.6 Å². The Balaban J connectivity index is 2.08. The molecule has 0 fully saturated rings. The Morgan fingerprint density at radius 3 is 2.55 bits per heavy atom. The Labute approximate surface area is 124 Å². The van der Waals surface area contributed by atoms with Gasteiger partial charge in [0.25, 0.3) is 0 Å². The van der Waals surface area contributed by atoms with Crippen LogP contribution in [0.25, 0.3) is 16.9 Å². The summed E-state index contributed by atoms with van der Waals surface area (Å²) >= 11 is 0. The van der Waals surface area contributed by atoms with Crippen molar-refractivity contribution in [2.24, 2.45) is 0 Å². The number of methoxy groups -OCH3 is 1. The summed E-state index contributed by atoms with van der Waals surface area (Å²) in [6, 6.07) is 10.4. The summed E-state index contributed by atoms with van der Waals surface area (Å²) in [6.07, 6.45) is 0. The Morgan fingerprint density at radius 2 is 1.86 bits per heavy atom. The van der Waals surface area contributed by atoms with Gasteiger partial charge in [0.2, 0.25) is 0 Å². The molecular formula is C15H12F2N4O. The Hall–Kier alpha value is -2.96. The van der Waals surface area contributed by atoms with Crippen LogP contribution in [-0.2, 0) is 0 Å². The molecule has 0 aliphatic heterocycles. The molecule has 22 heavy (non-hydrogen) atoms. The molecule has 2 aromatic carbocycles. The Bertz CT molecular complexity index is 832. The molecule has 0 radical (unpaired) electrons. The average molecular weight is 302 g/mol. The molecule has 0 spiro atoms. The first-order chi connectivity index (χ1) is 10.6. The van der Waals surface area contributed by atoms with E-state index in [0.717, 1.165) is 0 Å². The van der Waals surface area contributed by atoms with Gasteiger partial charge in [0.15, 0.2) is 17.4 Å². The molecule has 0 aliphatic carbocycles. The van der Waals surface area contributed by atoms with Crippen molar-refractivity contribution in [2.45, 2.75) is 0 Å². The molecule has 1 heterocycles. The van der Waals surface area contributed by atoms with Crippen LogP contribution in [0.3, 0.4) is 0 Å². The largest absolute Gasteiger partial charge is 0.494 e. The van der Waals surface area contributed by atoms with E-state index in [9.17, 15) is 8.78 Å². The number of hydrogen-bond acceptors (Lipinski definition) is 4. The summed E-state index contributed by atoms with van der Waals surface area (Å²) in [5.74, 6) is -0.787. The van der Waals surface area contributed by atoms with Crippen molar-refractivity contribution in [3.05, 3.63) is 54.1 Å². The number of nitrogens with zero attached hydrogens (tertiary/aromatic N) is 3. The van der Waals surface area contributed by atoms with E-state index in [0.29, 0.717) is 5.56 Å². The fraction of sp³-hybridized carbons (Fsp3) is 0.0667. The minimum absolute atomic E-state index is 0.115. The van der Waals surface area contributed by atoms with Gasteiger partial charge in [-0.3, -0.25) is 0 Å². The van der Waals surface area contributed by atoms with Gasteiger partial charge in [-0.1, -0.05) is 17.3 Å². The number of anilines is 1. The van der Waals surface area contributed by atoms with E-state index in [-0.39, 0.29) is 22.9 Å². The summed E-state index contributed by atoms with van der Waals surface area (Å²) in [6.45, 7) is 0. The highest BCUT2D eigenvalue weighted by molar-refractivity contribution is 5.71. The zero-order chi connectivity index (χ0) is 15.7. The molecule has 7 heteroatoms. The number of benzene rings is 2. The Kier molecular flexibility index (Phi) is 3.46. The SMILES string of the molecule is COc1ccc(-c2nnn(-c3ccccc3F)c2N)cc1F. The third kappa shape index (κ3) is 2.26. The number of nitrogens with two attached hydrogens (primary N) is 1. The van der Waals surface area contributed by atoms with Crippen molar-refractivity contribution in [1.82, 2.24) is 15.0 Å². The summed E-state index contributed by atoms with van der Waals surface area (Å²) in [4.78, 5) is 0. The molecule has 1 aromatic heterocycles. The number of hydrogen-bond donors (Lipinski definition) is 1. The van der Waals surface area contributed by atoms with Crippen LogP contribution in [0.15, 0.2) is 42.5 Å². The minimum atomic E-state index is -0.542. The molecule has 0 aliphatic rings. The lowest BCUT2D eigenvalue weighted by atomic mass is 10.1. The van der Waals surface area contributed by atoms with E-state index >= 15 is 0 Å². The van der Waals surface area contributed by atoms with Crippen LogP contribution >= 0.6 is 0 Å². The number of ether oxygens (including phenoxy) is 1. The summed E-state index contributed by atoms with van der Waals surface area (Å²) in [5, 5.41) is 7.76. The van der Waals surface area contributed by atoms with Crippen molar-refractivity contribution in [1.29, 1.82) is 0 Å². The van der Waals surface area contributed by atoms with Gasteiger partial charge in [-0.2, -0.15) is 4.68 Å². The lowest BCUT2D eigenvalue weighted by Gasteiger charge is -2.06. The molecule has 0 amide bonds. The number of aromatic nitrogens is 3. The van der Waals surface area contributed by atoms with Gasteiger partial charge in [0, 0.05) is 5.56 Å². The molecule has 0 atom stereocenters. The minimum Gasteiger partial charge on any atom is -0.494 e. The van der Waals surface area contributed by atoms with Gasteiger partial charge in [-0.25, -0.2) is 8.78 Å². The topological polar surface area (TPSA) is 66.0 Å². The van der Waals surface area contributed by atoms with Crippen LogP contribution in [0.5, 0.6) is 5.75 Å². The Morgan fingerprint density at radius 1 is 1.09 bits per heavy atom. The highest BCUT2D eigenvalue weighted by Gasteiger charge is 2.16. The maximum atomic E-state index is 13.8. The van der Waals surface area contributed by atoms with Crippen LogP contribution < -0.4 is 10.5 Å². The highest BCUT2D eigenvalue weighted by Crippen LogP contribution is 2.29. The molecule has 112 valence electrons. The molecule has 0 unspecified atom stereocenters. The van der Waals surface area contributed by atoms with Crippen LogP contribution in [0.2, 0.25) is 0 Å². The van der Waals surface area contributed by atoms with E-state index in [1.54, 1.807) is 18.2 Å². The van der Waals surface area contributed by atoms with Crippen LogP contribution in [0.4, 0.5) is 14.6 Å². The quantitative estimate of drug-likeness (QED) is 0.808. The zero-order valence-corrected chi connectivity index (χ0v) is 11.6. The molecule has 5 nitrogen and oxygen atoms in total. The maximum absolute atomic E-state index is 13.8. The summed E-state index contributed by atoms with van der Waals surface area (Å²) < 4.78 is 33.6. The monoisotopic (exact) mass is 302 g/mol. The van der Waals surface area contributed by atoms with Crippen LogP contribution in [0.1, 0.15) is 0 Å². The predicted molar refractivity (Wildman–Crippen MR) is 77.7 cm³/mol. The maximum Gasteiger partial charge on any atom is 0.165 e. The number of para-hydroxylation sites is 1. The van der Waals surface area contributed by atoms with Gasteiger partial charge in [0.05, 0.1) is 7.11 Å². The van der Waals surface area contributed by atoms with E-state index < -0.39 is 11.6 Å². The first-order valence-electron chi connectivity index (χ1n) is 6.42. The van der Waals surface area contributed by atoms with E-state index in [4.69, 9.17) is 10.5 Å². The summed E-state index contributed by atoms with van der Waals surface area (Å²) in [5.41, 5.74) is 6.85. The second kappa shape index (κ2) is 5.44. The molecule has 0 saturated heterocycles. The second-order valence-corrected chi connectivity index (χ2v) is 4.54. The van der Waals surface area contributed by atoms with Crippen molar-refractivity contribution < 1.29 is 13.5 Å². The fourth-order valence-corrected chi connectivity index (χ4v) is 2.11. The van der Waals surface area contributed by atoms with Crippen molar-refractivity contribution in [2.75, 3.05) is 12.8 Å². The second-order valence-electron chi connectivity index (χ2n) is 4.54. The molecule has 3 rings (SSSR count). The highest BCUT2D eigenvalue weighted by atomic mass is 19.1. The van der Waals surface area contributed by atoms with Crippen molar-refractivity contribution >= 4 is 5.82 Å². The standard InChI is InChI=1S/C15H12F2N4O/c1-22-13-7-6-9(8-11(13)17)14-15(18)21(20-19-14)12-5-3-2-4-10(12)16/h2-8H,18H2,1H3. The van der Waals surface area contributed by atoms with Gasteiger partial charge in [0.1, 0.15) is 17.2 Å². The third-order valence-electron chi connectivity index (χ3n) is 3.21. The first kappa shape index (κ1) is 14.0. The first-order valence-corrected chi connectivity index (χ1v) is 6.42. The summed E-state index contributed by atoms with van der Waals surface area (Å²) in [7, 11) is 1.38. The molecule has 2 N–H and O–H groups in total. The fourth-order valence-electron chi connectivity index (χ4n) is 2.11. The van der Waals surface area contributed by atoms with E-state index in [2.05, 4.69) is 10.3 Å². The number of halogens is 2. The van der Waals surface area contributed by atoms with Crippen LogP contribution in [-0.4, -0.2) is 22.1 Å². The normalized spacial score (nSPS) is 10.7. The molecule has 0 bridgehead atoms.